The quantitative estimate of drug-likeness (QED) is 0.589. The summed E-state index contributed by atoms with van der Waals surface area (Å²) in [6, 6.07) is 25.0. The van der Waals surface area contributed by atoms with Crippen LogP contribution in [-0.4, -0.2) is 5.91 Å². The average molecular weight is 368 g/mol. The Bertz CT molecular complexity index is 832. The van der Waals surface area contributed by atoms with E-state index in [2.05, 4.69) is 17.9 Å². The van der Waals surface area contributed by atoms with Crippen molar-refractivity contribution in [3.63, 3.8) is 0 Å². The predicted octanol–water partition coefficient (Wildman–Crippen LogP) is 5.29. The van der Waals surface area contributed by atoms with Crippen LogP contribution in [0, 0.1) is 0 Å². The molecule has 1 N–H and O–H groups in total. The second-order valence-electron chi connectivity index (χ2n) is 5.74. The highest BCUT2D eigenvalue weighted by molar-refractivity contribution is 7.80. The van der Waals surface area contributed by atoms with Crippen molar-refractivity contribution < 1.29 is 4.79 Å². The molecule has 0 radical (unpaired) electrons. The summed E-state index contributed by atoms with van der Waals surface area (Å²) in [5.41, 5.74) is 3.81. The Morgan fingerprint density at radius 1 is 0.880 bits per heavy atom. The minimum absolute atomic E-state index is 0.0568. The van der Waals surface area contributed by atoms with E-state index in [1.807, 2.05) is 78.9 Å². The smallest absolute Gasteiger partial charge is 0.251 e. The first-order chi connectivity index (χ1) is 12.1. The summed E-state index contributed by atoms with van der Waals surface area (Å²) in [6.45, 7) is 0.515. The normalized spacial score (nSPS) is 11.8. The molecule has 1 unspecified atom stereocenters. The van der Waals surface area contributed by atoms with Crippen LogP contribution in [0.5, 0.6) is 0 Å². The van der Waals surface area contributed by atoms with Crippen molar-refractivity contribution in [3.8, 4) is 0 Å². The van der Waals surface area contributed by atoms with Crippen molar-refractivity contribution in [2.24, 2.45) is 0 Å². The summed E-state index contributed by atoms with van der Waals surface area (Å²) in [5.74, 6) is -0.0855. The molecule has 3 aromatic rings. The molecule has 0 spiro atoms. The van der Waals surface area contributed by atoms with Crippen LogP contribution in [0.25, 0.3) is 0 Å². The van der Waals surface area contributed by atoms with Gasteiger partial charge in [0, 0.05) is 17.1 Å². The van der Waals surface area contributed by atoms with E-state index in [0.717, 1.165) is 16.7 Å². The predicted molar refractivity (Wildman–Crippen MR) is 106 cm³/mol. The zero-order valence-corrected chi connectivity index (χ0v) is 15.2. The Morgan fingerprint density at radius 3 is 2.04 bits per heavy atom. The number of halogens is 1. The summed E-state index contributed by atoms with van der Waals surface area (Å²) in [6.07, 6.45) is 0. The lowest BCUT2D eigenvalue weighted by molar-refractivity contribution is 0.0951. The van der Waals surface area contributed by atoms with E-state index in [-0.39, 0.29) is 11.2 Å². The van der Waals surface area contributed by atoms with E-state index in [9.17, 15) is 4.79 Å². The van der Waals surface area contributed by atoms with Crippen LogP contribution in [0.4, 0.5) is 0 Å². The number of thiol groups is 1. The van der Waals surface area contributed by atoms with Crippen LogP contribution in [0.1, 0.15) is 32.3 Å². The SMILES string of the molecule is O=C(NCc1ccccc1)c1ccc(C(S)c2ccc(Cl)cc2)cc1. The molecule has 0 aliphatic carbocycles. The van der Waals surface area contributed by atoms with Gasteiger partial charge in [0.05, 0.1) is 5.25 Å². The summed E-state index contributed by atoms with van der Waals surface area (Å²) in [4.78, 5) is 12.3. The summed E-state index contributed by atoms with van der Waals surface area (Å²) in [5, 5.41) is 3.58. The maximum absolute atomic E-state index is 12.3. The molecule has 0 fully saturated rings. The minimum atomic E-state index is -0.0855. The lowest BCUT2D eigenvalue weighted by Gasteiger charge is -2.12. The Labute approximate surface area is 158 Å². The summed E-state index contributed by atoms with van der Waals surface area (Å²) in [7, 11) is 0. The molecule has 0 aromatic heterocycles. The zero-order valence-electron chi connectivity index (χ0n) is 13.5. The fourth-order valence-electron chi connectivity index (χ4n) is 2.53. The first-order valence-corrected chi connectivity index (χ1v) is 8.88. The van der Waals surface area contributed by atoms with Gasteiger partial charge in [-0.15, -0.1) is 0 Å². The van der Waals surface area contributed by atoms with Gasteiger partial charge in [-0.25, -0.2) is 0 Å². The van der Waals surface area contributed by atoms with Gasteiger partial charge in [0.15, 0.2) is 0 Å². The maximum atomic E-state index is 12.3. The van der Waals surface area contributed by atoms with Crippen molar-refractivity contribution in [1.29, 1.82) is 0 Å². The van der Waals surface area contributed by atoms with Crippen molar-refractivity contribution in [1.82, 2.24) is 5.32 Å². The van der Waals surface area contributed by atoms with Gasteiger partial charge in [0.1, 0.15) is 0 Å². The van der Waals surface area contributed by atoms with Crippen molar-refractivity contribution in [2.45, 2.75) is 11.8 Å². The lowest BCUT2D eigenvalue weighted by atomic mass is 10.0. The molecule has 0 aliphatic heterocycles. The molecule has 4 heteroatoms. The largest absolute Gasteiger partial charge is 0.348 e. The van der Waals surface area contributed by atoms with E-state index < -0.39 is 0 Å². The number of carbonyl (C=O) groups excluding carboxylic acids is 1. The van der Waals surface area contributed by atoms with Gasteiger partial charge in [0.2, 0.25) is 0 Å². The van der Waals surface area contributed by atoms with Gasteiger partial charge in [0.25, 0.3) is 5.91 Å². The highest BCUT2D eigenvalue weighted by atomic mass is 35.5. The molecule has 0 saturated carbocycles. The van der Waals surface area contributed by atoms with Gasteiger partial charge in [-0.05, 0) is 41.0 Å². The number of rotatable bonds is 5. The van der Waals surface area contributed by atoms with Crippen LogP contribution >= 0.6 is 24.2 Å². The van der Waals surface area contributed by atoms with Gasteiger partial charge in [-0.3, -0.25) is 4.79 Å². The highest BCUT2D eigenvalue weighted by Crippen LogP contribution is 2.29. The first-order valence-electron chi connectivity index (χ1n) is 7.99. The number of benzene rings is 3. The molecule has 126 valence electrons. The molecule has 0 bridgehead atoms. The number of carbonyl (C=O) groups is 1. The maximum Gasteiger partial charge on any atom is 0.251 e. The van der Waals surface area contributed by atoms with Crippen molar-refractivity contribution in [3.05, 3.63) is 106 Å². The molecular formula is C21H18ClNOS. The summed E-state index contributed by atoms with van der Waals surface area (Å²) >= 11 is 10.6. The Hall–Kier alpha value is -2.23. The molecule has 1 amide bonds. The third kappa shape index (κ3) is 4.65. The fourth-order valence-corrected chi connectivity index (χ4v) is 3.00. The van der Waals surface area contributed by atoms with Gasteiger partial charge in [-0.2, -0.15) is 12.6 Å². The van der Waals surface area contributed by atoms with Gasteiger partial charge < -0.3 is 5.32 Å². The monoisotopic (exact) mass is 367 g/mol. The van der Waals surface area contributed by atoms with E-state index in [1.165, 1.54) is 0 Å². The number of hydrogen-bond acceptors (Lipinski definition) is 2. The summed E-state index contributed by atoms with van der Waals surface area (Å²) < 4.78 is 0. The molecular weight excluding hydrogens is 350 g/mol. The molecule has 0 aliphatic rings. The van der Waals surface area contributed by atoms with Crippen LogP contribution in [0.15, 0.2) is 78.9 Å². The number of nitrogens with one attached hydrogen (secondary N) is 1. The molecule has 25 heavy (non-hydrogen) atoms. The molecule has 0 heterocycles. The lowest BCUT2D eigenvalue weighted by Crippen LogP contribution is -2.22. The second-order valence-corrected chi connectivity index (χ2v) is 6.70. The molecule has 3 rings (SSSR count). The Kier molecular flexibility index (Phi) is 5.79. The molecule has 0 saturated heterocycles. The second kappa shape index (κ2) is 8.24. The topological polar surface area (TPSA) is 29.1 Å². The number of amides is 1. The first kappa shape index (κ1) is 17.6. The van der Waals surface area contributed by atoms with Crippen LogP contribution < -0.4 is 5.32 Å². The standard InChI is InChI=1S/C21H18ClNOS/c22-19-12-10-17(11-13-19)20(25)16-6-8-18(9-7-16)21(24)23-14-15-4-2-1-3-5-15/h1-13,20,25H,14H2,(H,23,24). The Morgan fingerprint density at radius 2 is 1.44 bits per heavy atom. The molecule has 2 nitrogen and oxygen atoms in total. The number of hydrogen-bond donors (Lipinski definition) is 2. The third-order valence-corrected chi connectivity index (χ3v) is 4.82. The highest BCUT2D eigenvalue weighted by Gasteiger charge is 2.11. The molecule has 1 atom stereocenters. The van der Waals surface area contributed by atoms with E-state index in [0.29, 0.717) is 17.1 Å². The van der Waals surface area contributed by atoms with Crippen molar-refractivity contribution >= 4 is 30.1 Å². The van der Waals surface area contributed by atoms with E-state index >= 15 is 0 Å². The fraction of sp³-hybridized carbons (Fsp3) is 0.0952. The Balaban J connectivity index is 1.65. The van der Waals surface area contributed by atoms with Crippen LogP contribution in [0.2, 0.25) is 5.02 Å². The van der Waals surface area contributed by atoms with Crippen molar-refractivity contribution in [2.75, 3.05) is 0 Å². The average Bonchev–Trinajstić information content (AvgIpc) is 2.67. The van der Waals surface area contributed by atoms with Crippen LogP contribution in [-0.2, 0) is 6.54 Å². The van der Waals surface area contributed by atoms with Crippen LogP contribution in [0.3, 0.4) is 0 Å². The van der Waals surface area contributed by atoms with Gasteiger partial charge in [-0.1, -0.05) is 66.2 Å². The zero-order chi connectivity index (χ0) is 17.6. The molecule has 3 aromatic carbocycles. The van der Waals surface area contributed by atoms with E-state index in [1.54, 1.807) is 0 Å². The third-order valence-electron chi connectivity index (χ3n) is 3.97. The van der Waals surface area contributed by atoms with E-state index in [4.69, 9.17) is 11.6 Å². The van der Waals surface area contributed by atoms with Gasteiger partial charge >= 0.3 is 0 Å². The minimum Gasteiger partial charge on any atom is -0.348 e.